The SMILES string of the molecule is CC(C)(C)OC(=O)NCc1ncc(-c2ccco2)cn1. The Balaban J connectivity index is 1.90. The number of hydrogen-bond acceptors (Lipinski definition) is 5. The molecule has 1 amide bonds. The minimum Gasteiger partial charge on any atom is -0.464 e. The average Bonchev–Trinajstić information content (AvgIpc) is 2.89. The van der Waals surface area contributed by atoms with Gasteiger partial charge in [0.25, 0.3) is 0 Å². The Bertz CT molecular complexity index is 556. The summed E-state index contributed by atoms with van der Waals surface area (Å²) in [6, 6.07) is 3.63. The second-order valence-electron chi connectivity index (χ2n) is 5.22. The number of carbonyl (C=O) groups excluding carboxylic acids is 1. The van der Waals surface area contributed by atoms with E-state index < -0.39 is 11.7 Å². The summed E-state index contributed by atoms with van der Waals surface area (Å²) in [4.78, 5) is 19.8. The van der Waals surface area contributed by atoms with Crippen LogP contribution in [0.3, 0.4) is 0 Å². The third-order valence-electron chi connectivity index (χ3n) is 2.30. The third-order valence-corrected chi connectivity index (χ3v) is 2.30. The lowest BCUT2D eigenvalue weighted by atomic mass is 10.2. The van der Waals surface area contributed by atoms with Crippen LogP contribution in [0, 0.1) is 0 Å². The molecule has 0 aliphatic rings. The molecule has 0 aliphatic heterocycles. The zero-order valence-corrected chi connectivity index (χ0v) is 11.7. The molecule has 0 atom stereocenters. The topological polar surface area (TPSA) is 77.2 Å². The fourth-order valence-corrected chi connectivity index (χ4v) is 1.48. The molecule has 0 radical (unpaired) electrons. The van der Waals surface area contributed by atoms with Gasteiger partial charge in [-0.05, 0) is 32.9 Å². The predicted octanol–water partition coefficient (Wildman–Crippen LogP) is 2.76. The maximum Gasteiger partial charge on any atom is 0.408 e. The number of alkyl carbamates (subject to hydrolysis) is 1. The zero-order valence-electron chi connectivity index (χ0n) is 11.7. The molecule has 0 aromatic carbocycles. The number of rotatable bonds is 3. The van der Waals surface area contributed by atoms with Gasteiger partial charge < -0.3 is 14.5 Å². The van der Waals surface area contributed by atoms with Gasteiger partial charge in [0.2, 0.25) is 0 Å². The normalized spacial score (nSPS) is 11.2. The van der Waals surface area contributed by atoms with Gasteiger partial charge in [-0.15, -0.1) is 0 Å². The molecule has 2 aromatic heterocycles. The summed E-state index contributed by atoms with van der Waals surface area (Å²) in [5.74, 6) is 1.21. The van der Waals surface area contributed by atoms with E-state index in [1.165, 1.54) is 0 Å². The number of furan rings is 1. The van der Waals surface area contributed by atoms with Crippen molar-refractivity contribution in [3.63, 3.8) is 0 Å². The second kappa shape index (κ2) is 5.73. The standard InChI is InChI=1S/C14H17N3O3/c1-14(2,3)20-13(18)17-9-12-15-7-10(8-16-12)11-5-4-6-19-11/h4-8H,9H2,1-3H3,(H,17,18). The Hall–Kier alpha value is -2.37. The summed E-state index contributed by atoms with van der Waals surface area (Å²) in [6.45, 7) is 5.64. The van der Waals surface area contributed by atoms with Gasteiger partial charge in [-0.1, -0.05) is 0 Å². The minimum absolute atomic E-state index is 0.216. The smallest absolute Gasteiger partial charge is 0.408 e. The molecule has 2 rings (SSSR count). The molecular weight excluding hydrogens is 258 g/mol. The molecule has 6 heteroatoms. The van der Waals surface area contributed by atoms with Crippen LogP contribution in [0.5, 0.6) is 0 Å². The van der Waals surface area contributed by atoms with Crippen LogP contribution < -0.4 is 5.32 Å². The molecule has 20 heavy (non-hydrogen) atoms. The van der Waals surface area contributed by atoms with Gasteiger partial charge in [-0.2, -0.15) is 0 Å². The molecule has 0 bridgehead atoms. The lowest BCUT2D eigenvalue weighted by molar-refractivity contribution is 0.0522. The molecular formula is C14H17N3O3. The average molecular weight is 275 g/mol. The van der Waals surface area contributed by atoms with Crippen molar-refractivity contribution in [2.45, 2.75) is 32.9 Å². The summed E-state index contributed by atoms with van der Waals surface area (Å²) in [6.07, 6.45) is 4.40. The molecule has 0 saturated carbocycles. The van der Waals surface area contributed by atoms with Crippen LogP contribution in [0.1, 0.15) is 26.6 Å². The molecule has 0 spiro atoms. The number of amides is 1. The van der Waals surface area contributed by atoms with Crippen molar-refractivity contribution in [2.24, 2.45) is 0 Å². The van der Waals surface area contributed by atoms with Crippen molar-refractivity contribution < 1.29 is 13.9 Å². The lowest BCUT2D eigenvalue weighted by Crippen LogP contribution is -2.32. The summed E-state index contributed by atoms with van der Waals surface area (Å²) >= 11 is 0. The molecule has 0 aliphatic carbocycles. The quantitative estimate of drug-likeness (QED) is 0.932. The molecule has 0 fully saturated rings. The van der Waals surface area contributed by atoms with Crippen LogP contribution in [0.2, 0.25) is 0 Å². The number of nitrogens with zero attached hydrogens (tertiary/aromatic N) is 2. The van der Waals surface area contributed by atoms with Crippen LogP contribution >= 0.6 is 0 Å². The van der Waals surface area contributed by atoms with Crippen molar-refractivity contribution in [3.8, 4) is 11.3 Å². The molecule has 1 N–H and O–H groups in total. The van der Waals surface area contributed by atoms with E-state index in [0.717, 1.165) is 5.56 Å². The number of aromatic nitrogens is 2. The highest BCUT2D eigenvalue weighted by atomic mass is 16.6. The number of ether oxygens (including phenoxy) is 1. The summed E-state index contributed by atoms with van der Waals surface area (Å²) < 4.78 is 10.4. The van der Waals surface area contributed by atoms with Gasteiger partial charge in [0.1, 0.15) is 17.2 Å². The molecule has 106 valence electrons. The first-order chi connectivity index (χ1) is 9.44. The van der Waals surface area contributed by atoms with E-state index in [0.29, 0.717) is 11.6 Å². The summed E-state index contributed by atoms with van der Waals surface area (Å²) in [5.41, 5.74) is 0.268. The van der Waals surface area contributed by atoms with Crippen molar-refractivity contribution in [3.05, 3.63) is 36.6 Å². The highest BCUT2D eigenvalue weighted by Crippen LogP contribution is 2.17. The first kappa shape index (κ1) is 14.0. The van der Waals surface area contributed by atoms with Gasteiger partial charge in [-0.3, -0.25) is 0 Å². The Morgan fingerprint density at radius 1 is 1.35 bits per heavy atom. The molecule has 6 nitrogen and oxygen atoms in total. The van der Waals surface area contributed by atoms with Crippen molar-refractivity contribution >= 4 is 6.09 Å². The Morgan fingerprint density at radius 2 is 2.05 bits per heavy atom. The van der Waals surface area contributed by atoms with Crippen LogP contribution in [-0.2, 0) is 11.3 Å². The van der Waals surface area contributed by atoms with Crippen LogP contribution in [0.4, 0.5) is 4.79 Å². The maximum absolute atomic E-state index is 11.5. The van der Waals surface area contributed by atoms with E-state index in [-0.39, 0.29) is 6.54 Å². The number of hydrogen-bond donors (Lipinski definition) is 1. The maximum atomic E-state index is 11.5. The van der Waals surface area contributed by atoms with Crippen molar-refractivity contribution in [1.29, 1.82) is 0 Å². The van der Waals surface area contributed by atoms with Crippen LogP contribution in [0.15, 0.2) is 35.2 Å². The molecule has 0 saturated heterocycles. The van der Waals surface area contributed by atoms with Gasteiger partial charge in [0.05, 0.1) is 18.4 Å². The predicted molar refractivity (Wildman–Crippen MR) is 72.8 cm³/mol. The molecule has 2 heterocycles. The highest BCUT2D eigenvalue weighted by molar-refractivity contribution is 5.67. The summed E-state index contributed by atoms with van der Waals surface area (Å²) in [5, 5.41) is 2.60. The fourth-order valence-electron chi connectivity index (χ4n) is 1.48. The lowest BCUT2D eigenvalue weighted by Gasteiger charge is -2.19. The minimum atomic E-state index is -0.520. The van der Waals surface area contributed by atoms with E-state index in [9.17, 15) is 4.79 Å². The van der Waals surface area contributed by atoms with Crippen LogP contribution in [-0.4, -0.2) is 21.7 Å². The van der Waals surface area contributed by atoms with Crippen molar-refractivity contribution in [1.82, 2.24) is 15.3 Å². The van der Waals surface area contributed by atoms with Crippen LogP contribution in [0.25, 0.3) is 11.3 Å². The Kier molecular flexibility index (Phi) is 4.02. The highest BCUT2D eigenvalue weighted by Gasteiger charge is 2.15. The third kappa shape index (κ3) is 4.08. The Morgan fingerprint density at radius 3 is 2.60 bits per heavy atom. The van der Waals surface area contributed by atoms with Crippen molar-refractivity contribution in [2.75, 3.05) is 0 Å². The van der Waals surface area contributed by atoms with E-state index in [4.69, 9.17) is 9.15 Å². The van der Waals surface area contributed by atoms with Gasteiger partial charge in [0, 0.05) is 12.4 Å². The first-order valence-corrected chi connectivity index (χ1v) is 6.26. The monoisotopic (exact) mass is 275 g/mol. The second-order valence-corrected chi connectivity index (χ2v) is 5.22. The first-order valence-electron chi connectivity index (χ1n) is 6.26. The van der Waals surface area contributed by atoms with E-state index in [1.54, 1.807) is 45.5 Å². The van der Waals surface area contributed by atoms with Gasteiger partial charge in [0.15, 0.2) is 0 Å². The Labute approximate surface area is 117 Å². The van der Waals surface area contributed by atoms with E-state index >= 15 is 0 Å². The van der Waals surface area contributed by atoms with E-state index in [1.807, 2.05) is 6.07 Å². The van der Waals surface area contributed by atoms with E-state index in [2.05, 4.69) is 15.3 Å². The molecule has 2 aromatic rings. The zero-order chi connectivity index (χ0) is 14.6. The number of nitrogens with one attached hydrogen (secondary N) is 1. The fraction of sp³-hybridized carbons (Fsp3) is 0.357. The summed E-state index contributed by atoms with van der Waals surface area (Å²) in [7, 11) is 0. The largest absolute Gasteiger partial charge is 0.464 e. The van der Waals surface area contributed by atoms with Gasteiger partial charge >= 0.3 is 6.09 Å². The molecule has 0 unspecified atom stereocenters. The van der Waals surface area contributed by atoms with Gasteiger partial charge in [-0.25, -0.2) is 14.8 Å². The number of carbonyl (C=O) groups is 1.